The van der Waals surface area contributed by atoms with Gasteiger partial charge in [0.2, 0.25) is 17.7 Å². The molecule has 0 aliphatic carbocycles. The van der Waals surface area contributed by atoms with Gasteiger partial charge in [-0.1, -0.05) is 32.0 Å². The van der Waals surface area contributed by atoms with Crippen molar-refractivity contribution in [2.45, 2.75) is 57.3 Å². The first-order valence-corrected chi connectivity index (χ1v) is 13.5. The highest BCUT2D eigenvalue weighted by atomic mass is 32.2. The van der Waals surface area contributed by atoms with Gasteiger partial charge in [0.1, 0.15) is 18.1 Å². The number of carbonyl (C=O) groups excluding carboxylic acids is 3. The summed E-state index contributed by atoms with van der Waals surface area (Å²) in [6.07, 6.45) is 3.05. The number of carboxylic acids is 2. The first kappa shape index (κ1) is 30.6. The molecule has 0 saturated carbocycles. The zero-order chi connectivity index (χ0) is 28.4. The lowest BCUT2D eigenvalue weighted by Crippen LogP contribution is -2.59. The largest absolute Gasteiger partial charge is 0.481 e. The number of carboxylic acid groups (broad SMARTS) is 2. The maximum absolute atomic E-state index is 13.0. The lowest BCUT2D eigenvalue weighted by atomic mass is 10.0. The lowest BCUT2D eigenvalue weighted by Gasteiger charge is -2.26. The number of carbonyl (C=O) groups is 5. The number of H-pyrrole nitrogens is 1. The highest BCUT2D eigenvalue weighted by Crippen LogP contribution is 2.19. The molecule has 0 aliphatic heterocycles. The van der Waals surface area contributed by atoms with E-state index in [0.717, 1.165) is 10.9 Å². The van der Waals surface area contributed by atoms with Gasteiger partial charge >= 0.3 is 11.9 Å². The quantitative estimate of drug-likeness (QED) is 0.165. The highest BCUT2D eigenvalue weighted by molar-refractivity contribution is 7.98. The number of benzene rings is 1. The summed E-state index contributed by atoms with van der Waals surface area (Å²) in [6, 6.07) is 2.37. The van der Waals surface area contributed by atoms with Crippen LogP contribution < -0.4 is 21.7 Å². The summed E-state index contributed by atoms with van der Waals surface area (Å²) in [5.74, 6) is -4.76. The van der Waals surface area contributed by atoms with E-state index in [4.69, 9.17) is 5.73 Å². The van der Waals surface area contributed by atoms with Gasteiger partial charge in [0.15, 0.2) is 0 Å². The molecule has 1 aromatic heterocycles. The molecule has 0 spiro atoms. The van der Waals surface area contributed by atoms with Crippen LogP contribution >= 0.6 is 11.8 Å². The van der Waals surface area contributed by atoms with Crippen LogP contribution in [0.25, 0.3) is 10.9 Å². The molecule has 4 unspecified atom stereocenters. The van der Waals surface area contributed by atoms with Crippen LogP contribution in [0.1, 0.15) is 32.3 Å². The van der Waals surface area contributed by atoms with Gasteiger partial charge < -0.3 is 36.9 Å². The van der Waals surface area contributed by atoms with E-state index in [-0.39, 0.29) is 6.42 Å². The number of nitrogens with one attached hydrogen (secondary N) is 4. The van der Waals surface area contributed by atoms with Crippen molar-refractivity contribution >= 4 is 52.3 Å². The Morgan fingerprint density at radius 2 is 1.63 bits per heavy atom. The predicted octanol–water partition coefficient (Wildman–Crippen LogP) is 0.461. The molecule has 208 valence electrons. The van der Waals surface area contributed by atoms with E-state index in [1.807, 2.05) is 24.5 Å². The number of aromatic nitrogens is 1. The van der Waals surface area contributed by atoms with E-state index >= 15 is 0 Å². The molecule has 0 aliphatic rings. The molecular formula is C25H35N5O7S. The fourth-order valence-corrected chi connectivity index (χ4v) is 4.30. The number of thioether (sulfide) groups is 1. The molecule has 8 N–H and O–H groups in total. The Balaban J connectivity index is 2.15. The maximum atomic E-state index is 13.0. The van der Waals surface area contributed by atoms with Gasteiger partial charge in [0, 0.05) is 23.5 Å². The van der Waals surface area contributed by atoms with Crippen molar-refractivity contribution < 1.29 is 34.2 Å². The monoisotopic (exact) mass is 549 g/mol. The fraction of sp³-hybridized carbons (Fsp3) is 0.480. The van der Waals surface area contributed by atoms with E-state index in [0.29, 0.717) is 17.7 Å². The van der Waals surface area contributed by atoms with Crippen molar-refractivity contribution in [1.29, 1.82) is 0 Å². The van der Waals surface area contributed by atoms with Crippen LogP contribution in [-0.4, -0.2) is 81.0 Å². The molecule has 2 rings (SSSR count). The number of aromatic amines is 1. The Kier molecular flexibility index (Phi) is 11.6. The van der Waals surface area contributed by atoms with E-state index in [2.05, 4.69) is 20.9 Å². The second-order valence-electron chi connectivity index (χ2n) is 9.24. The second kappa shape index (κ2) is 14.4. The van der Waals surface area contributed by atoms with Crippen LogP contribution in [0.2, 0.25) is 0 Å². The van der Waals surface area contributed by atoms with E-state index in [1.165, 1.54) is 11.8 Å². The number of nitrogens with two attached hydrogens (primary N) is 1. The van der Waals surface area contributed by atoms with Gasteiger partial charge in [-0.3, -0.25) is 19.2 Å². The van der Waals surface area contributed by atoms with Gasteiger partial charge in [-0.25, -0.2) is 4.79 Å². The standard InChI is InChI=1S/C25H35N5O7S/c1-13(2)21(30-22(33)16(26)8-9-38-3)24(35)28-18(11-20(31)32)23(34)29-19(25(36)37)10-14-12-27-17-7-5-4-6-15(14)17/h4-7,12-13,16,18-19,21,27H,8-11,26H2,1-3H3,(H,28,35)(H,29,34)(H,30,33)(H,31,32)(H,36,37). The Morgan fingerprint density at radius 3 is 2.24 bits per heavy atom. The molecule has 2 aromatic rings. The molecule has 0 radical (unpaired) electrons. The Morgan fingerprint density at radius 1 is 0.974 bits per heavy atom. The van der Waals surface area contributed by atoms with Crippen molar-refractivity contribution in [3.8, 4) is 0 Å². The van der Waals surface area contributed by atoms with Crippen LogP contribution in [0.3, 0.4) is 0 Å². The Hall–Kier alpha value is -3.58. The molecule has 3 amide bonds. The summed E-state index contributed by atoms with van der Waals surface area (Å²) in [4.78, 5) is 64.9. The summed E-state index contributed by atoms with van der Waals surface area (Å²) < 4.78 is 0. The normalized spacial score (nSPS) is 14.3. The van der Waals surface area contributed by atoms with Gasteiger partial charge in [-0.05, 0) is 36.0 Å². The van der Waals surface area contributed by atoms with E-state index < -0.39 is 66.2 Å². The molecule has 0 bridgehead atoms. The summed E-state index contributed by atoms with van der Waals surface area (Å²) in [7, 11) is 0. The summed E-state index contributed by atoms with van der Waals surface area (Å²) >= 11 is 1.52. The smallest absolute Gasteiger partial charge is 0.326 e. The minimum Gasteiger partial charge on any atom is -0.481 e. The molecule has 0 fully saturated rings. The molecule has 0 saturated heterocycles. The molecule has 13 heteroatoms. The van der Waals surface area contributed by atoms with Crippen LogP contribution in [0.4, 0.5) is 0 Å². The minimum absolute atomic E-state index is 0.0720. The molecule has 1 aromatic carbocycles. The van der Waals surface area contributed by atoms with Crippen molar-refractivity contribution in [3.63, 3.8) is 0 Å². The molecule has 38 heavy (non-hydrogen) atoms. The van der Waals surface area contributed by atoms with Gasteiger partial charge in [-0.2, -0.15) is 11.8 Å². The van der Waals surface area contributed by atoms with Gasteiger partial charge in [0.05, 0.1) is 12.5 Å². The van der Waals surface area contributed by atoms with Crippen molar-refractivity contribution in [1.82, 2.24) is 20.9 Å². The third kappa shape index (κ3) is 8.77. The molecule has 1 heterocycles. The number of rotatable bonds is 15. The zero-order valence-electron chi connectivity index (χ0n) is 21.5. The van der Waals surface area contributed by atoms with Crippen molar-refractivity contribution in [3.05, 3.63) is 36.0 Å². The minimum atomic E-state index is -1.58. The number of hydrogen-bond donors (Lipinski definition) is 7. The van der Waals surface area contributed by atoms with Gasteiger partial charge in [0.25, 0.3) is 0 Å². The maximum Gasteiger partial charge on any atom is 0.326 e. The number of amides is 3. The predicted molar refractivity (Wildman–Crippen MR) is 143 cm³/mol. The molecular weight excluding hydrogens is 514 g/mol. The topological polar surface area (TPSA) is 204 Å². The first-order valence-electron chi connectivity index (χ1n) is 12.1. The molecule has 12 nitrogen and oxygen atoms in total. The first-order chi connectivity index (χ1) is 17.9. The number of aliphatic carboxylic acids is 2. The van der Waals surface area contributed by atoms with E-state index in [9.17, 15) is 34.2 Å². The highest BCUT2D eigenvalue weighted by Gasteiger charge is 2.33. The average molecular weight is 550 g/mol. The fourth-order valence-electron chi connectivity index (χ4n) is 3.81. The van der Waals surface area contributed by atoms with E-state index in [1.54, 1.807) is 26.1 Å². The van der Waals surface area contributed by atoms with Crippen molar-refractivity contribution in [2.24, 2.45) is 11.7 Å². The van der Waals surface area contributed by atoms with Crippen LogP contribution in [0.15, 0.2) is 30.5 Å². The zero-order valence-corrected chi connectivity index (χ0v) is 22.3. The van der Waals surface area contributed by atoms with Gasteiger partial charge in [-0.15, -0.1) is 0 Å². The second-order valence-corrected chi connectivity index (χ2v) is 10.2. The molecule has 4 atom stereocenters. The lowest BCUT2D eigenvalue weighted by molar-refractivity contribution is -0.143. The summed E-state index contributed by atoms with van der Waals surface area (Å²) in [6.45, 7) is 3.34. The number of para-hydroxylation sites is 1. The SMILES string of the molecule is CSCCC(N)C(=O)NC(C(=O)NC(CC(=O)O)C(=O)NC(Cc1c[nH]c2ccccc12)C(=O)O)C(C)C. The van der Waals surface area contributed by atoms with Crippen molar-refractivity contribution in [2.75, 3.05) is 12.0 Å². The Bertz CT molecular complexity index is 1150. The summed E-state index contributed by atoms with van der Waals surface area (Å²) in [5.41, 5.74) is 7.32. The number of fused-ring (bicyclic) bond motifs is 1. The third-order valence-corrected chi connectivity index (χ3v) is 6.59. The third-order valence-electron chi connectivity index (χ3n) is 5.94. The van der Waals surface area contributed by atoms with Crippen LogP contribution in [0, 0.1) is 5.92 Å². The van der Waals surface area contributed by atoms with Crippen LogP contribution in [0.5, 0.6) is 0 Å². The Labute approximate surface area is 224 Å². The van der Waals surface area contributed by atoms with Crippen LogP contribution in [-0.2, 0) is 30.4 Å². The number of hydrogen-bond acceptors (Lipinski definition) is 7. The average Bonchev–Trinajstić information content (AvgIpc) is 3.26. The summed E-state index contributed by atoms with van der Waals surface area (Å²) in [5, 5.41) is 27.1.